The summed E-state index contributed by atoms with van der Waals surface area (Å²) in [5.41, 5.74) is -0.976. The Labute approximate surface area is 158 Å². The van der Waals surface area contributed by atoms with Crippen LogP contribution in [0.25, 0.3) is 10.9 Å². The van der Waals surface area contributed by atoms with Crippen LogP contribution in [0.3, 0.4) is 0 Å². The highest BCUT2D eigenvalue weighted by atomic mass is 32.2. The van der Waals surface area contributed by atoms with Gasteiger partial charge in [0.15, 0.2) is 0 Å². The molecule has 1 aromatic carbocycles. The molecule has 1 amide bonds. The first-order valence-corrected chi connectivity index (χ1v) is 9.46. The van der Waals surface area contributed by atoms with E-state index in [1.54, 1.807) is 52.3 Å². The van der Waals surface area contributed by atoms with Crippen LogP contribution in [-0.4, -0.2) is 33.2 Å². The molecule has 1 heterocycles. The first-order valence-electron chi connectivity index (χ1n) is 8.17. The SMILES string of the molecule is C#CC(C)(C)NC(=O)C(Oc1ccc2ncc(C(C)(C)O)cc2c1)SC. The molecular formula is C20H24N2O3S. The highest BCUT2D eigenvalue weighted by Crippen LogP contribution is 2.26. The second kappa shape index (κ2) is 7.56. The number of hydrogen-bond acceptors (Lipinski definition) is 5. The molecule has 0 spiro atoms. The smallest absolute Gasteiger partial charge is 0.272 e. The first-order chi connectivity index (χ1) is 12.1. The largest absolute Gasteiger partial charge is 0.470 e. The summed E-state index contributed by atoms with van der Waals surface area (Å²) in [6.07, 6.45) is 8.87. The number of thioether (sulfide) groups is 1. The van der Waals surface area contributed by atoms with Crippen LogP contribution in [-0.2, 0) is 10.4 Å². The predicted octanol–water partition coefficient (Wildman–Crippen LogP) is 3.06. The molecule has 2 N–H and O–H groups in total. The van der Waals surface area contributed by atoms with Gasteiger partial charge < -0.3 is 15.2 Å². The van der Waals surface area contributed by atoms with Gasteiger partial charge >= 0.3 is 0 Å². The molecule has 0 aliphatic carbocycles. The Morgan fingerprint density at radius 3 is 2.62 bits per heavy atom. The molecule has 1 unspecified atom stereocenters. The highest BCUT2D eigenvalue weighted by molar-refractivity contribution is 7.99. The summed E-state index contributed by atoms with van der Waals surface area (Å²) >= 11 is 1.28. The number of nitrogens with one attached hydrogen (secondary N) is 1. The Balaban J connectivity index is 2.26. The fourth-order valence-electron chi connectivity index (χ4n) is 2.25. The summed E-state index contributed by atoms with van der Waals surface area (Å²) in [5, 5.41) is 13.8. The lowest BCUT2D eigenvalue weighted by molar-refractivity contribution is -0.125. The number of amides is 1. The van der Waals surface area contributed by atoms with Crippen LogP contribution in [0.4, 0.5) is 0 Å². The van der Waals surface area contributed by atoms with Gasteiger partial charge in [-0.3, -0.25) is 9.78 Å². The molecular weight excluding hydrogens is 348 g/mol. The van der Waals surface area contributed by atoms with Crippen molar-refractivity contribution in [3.05, 3.63) is 36.0 Å². The van der Waals surface area contributed by atoms with E-state index in [-0.39, 0.29) is 5.91 Å². The van der Waals surface area contributed by atoms with E-state index in [1.807, 2.05) is 12.1 Å². The van der Waals surface area contributed by atoms with Gasteiger partial charge in [0, 0.05) is 17.1 Å². The van der Waals surface area contributed by atoms with Gasteiger partial charge in [0.2, 0.25) is 5.44 Å². The molecule has 5 nitrogen and oxygen atoms in total. The van der Waals surface area contributed by atoms with Crippen LogP contribution in [0.15, 0.2) is 30.5 Å². The summed E-state index contributed by atoms with van der Waals surface area (Å²) in [6.45, 7) is 6.92. The normalized spacial score (nSPS) is 13.1. The zero-order chi connectivity index (χ0) is 19.5. The molecule has 2 aromatic rings. The molecule has 0 bridgehead atoms. The van der Waals surface area contributed by atoms with E-state index >= 15 is 0 Å². The van der Waals surface area contributed by atoms with Crippen molar-refractivity contribution in [3.8, 4) is 18.1 Å². The molecule has 0 aliphatic rings. The quantitative estimate of drug-likeness (QED) is 0.602. The number of aliphatic hydroxyl groups is 1. The van der Waals surface area contributed by atoms with Gasteiger partial charge in [0.05, 0.1) is 16.7 Å². The summed E-state index contributed by atoms with van der Waals surface area (Å²) in [4.78, 5) is 16.8. The van der Waals surface area contributed by atoms with Crippen molar-refractivity contribution in [1.82, 2.24) is 10.3 Å². The van der Waals surface area contributed by atoms with E-state index < -0.39 is 16.6 Å². The van der Waals surface area contributed by atoms with Gasteiger partial charge in [0.1, 0.15) is 5.75 Å². The molecule has 0 saturated carbocycles. The van der Waals surface area contributed by atoms with E-state index in [9.17, 15) is 9.90 Å². The minimum atomic E-state index is -0.986. The minimum Gasteiger partial charge on any atom is -0.470 e. The molecule has 138 valence electrons. The van der Waals surface area contributed by atoms with Gasteiger partial charge in [0.25, 0.3) is 5.91 Å². The number of pyridine rings is 1. The molecule has 6 heteroatoms. The Kier molecular flexibility index (Phi) is 5.84. The van der Waals surface area contributed by atoms with Crippen LogP contribution in [0.5, 0.6) is 5.75 Å². The highest BCUT2D eigenvalue weighted by Gasteiger charge is 2.25. The summed E-state index contributed by atoms with van der Waals surface area (Å²) in [6, 6.07) is 7.26. The lowest BCUT2D eigenvalue weighted by atomic mass is 9.99. The molecule has 0 saturated heterocycles. The maximum atomic E-state index is 12.4. The van der Waals surface area contributed by atoms with Crippen molar-refractivity contribution in [3.63, 3.8) is 0 Å². The van der Waals surface area contributed by atoms with Crippen LogP contribution < -0.4 is 10.1 Å². The van der Waals surface area contributed by atoms with Crippen molar-refractivity contribution in [2.75, 3.05) is 6.26 Å². The van der Waals surface area contributed by atoms with Gasteiger partial charge in [-0.1, -0.05) is 5.92 Å². The number of aromatic nitrogens is 1. The number of nitrogens with zero attached hydrogens (tertiary/aromatic N) is 1. The van der Waals surface area contributed by atoms with Crippen molar-refractivity contribution in [2.45, 2.75) is 44.3 Å². The topological polar surface area (TPSA) is 71.5 Å². The molecule has 26 heavy (non-hydrogen) atoms. The van der Waals surface area contributed by atoms with E-state index in [2.05, 4.69) is 16.2 Å². The Morgan fingerprint density at radius 1 is 1.35 bits per heavy atom. The lowest BCUT2D eigenvalue weighted by Gasteiger charge is -2.24. The maximum absolute atomic E-state index is 12.4. The number of hydrogen-bond donors (Lipinski definition) is 2. The first kappa shape index (κ1) is 20.1. The summed E-state index contributed by atoms with van der Waals surface area (Å²) in [5.74, 6) is 2.78. The van der Waals surface area contributed by atoms with Gasteiger partial charge in [-0.05, 0) is 58.2 Å². The number of fused-ring (bicyclic) bond motifs is 1. The standard InChI is InChI=1S/C20H24N2O3S/c1-7-19(2,3)22-17(23)18(26-6)25-15-8-9-16-13(11-15)10-14(12-21-16)20(4,5)24/h1,8-12,18,24H,2-6H3,(H,22,23). The van der Waals surface area contributed by atoms with Crippen LogP contribution in [0.2, 0.25) is 0 Å². The molecule has 0 fully saturated rings. The zero-order valence-corrected chi connectivity index (χ0v) is 16.5. The predicted molar refractivity (Wildman–Crippen MR) is 106 cm³/mol. The average molecular weight is 372 g/mol. The number of benzene rings is 1. The Bertz CT molecular complexity index is 850. The van der Waals surface area contributed by atoms with E-state index in [1.165, 1.54) is 11.8 Å². The third-order valence-corrected chi connectivity index (χ3v) is 4.57. The number of rotatable bonds is 6. The van der Waals surface area contributed by atoms with E-state index in [0.717, 1.165) is 10.9 Å². The van der Waals surface area contributed by atoms with Gasteiger partial charge in [-0.2, -0.15) is 0 Å². The van der Waals surface area contributed by atoms with Crippen molar-refractivity contribution >= 4 is 28.6 Å². The second-order valence-electron chi connectivity index (χ2n) is 7.08. The average Bonchev–Trinajstić information content (AvgIpc) is 2.57. The number of carbonyl (C=O) groups excluding carboxylic acids is 1. The fraction of sp³-hybridized carbons (Fsp3) is 0.400. The van der Waals surface area contributed by atoms with Crippen molar-refractivity contribution in [2.24, 2.45) is 0 Å². The third kappa shape index (κ3) is 4.90. The molecule has 1 atom stereocenters. The Hall–Kier alpha value is -2.23. The molecule has 2 rings (SSSR count). The van der Waals surface area contributed by atoms with Crippen LogP contribution in [0, 0.1) is 12.3 Å². The van der Waals surface area contributed by atoms with Crippen molar-refractivity contribution < 1.29 is 14.6 Å². The minimum absolute atomic E-state index is 0.288. The molecule has 0 radical (unpaired) electrons. The maximum Gasteiger partial charge on any atom is 0.272 e. The summed E-state index contributed by atoms with van der Waals surface area (Å²) in [7, 11) is 0. The zero-order valence-electron chi connectivity index (χ0n) is 15.7. The third-order valence-electron chi connectivity index (χ3n) is 3.83. The summed E-state index contributed by atoms with van der Waals surface area (Å²) < 4.78 is 5.84. The molecule has 1 aromatic heterocycles. The monoisotopic (exact) mass is 372 g/mol. The van der Waals surface area contributed by atoms with E-state index in [4.69, 9.17) is 11.2 Å². The molecule has 0 aliphatic heterocycles. The fourth-order valence-corrected chi connectivity index (χ4v) is 2.73. The van der Waals surface area contributed by atoms with Crippen LogP contribution in [0.1, 0.15) is 33.3 Å². The number of carbonyl (C=O) groups is 1. The van der Waals surface area contributed by atoms with Crippen LogP contribution >= 0.6 is 11.8 Å². The Morgan fingerprint density at radius 2 is 2.04 bits per heavy atom. The van der Waals surface area contributed by atoms with Gasteiger partial charge in [-0.15, -0.1) is 18.2 Å². The van der Waals surface area contributed by atoms with Crippen molar-refractivity contribution in [1.29, 1.82) is 0 Å². The second-order valence-corrected chi connectivity index (χ2v) is 7.98. The lowest BCUT2D eigenvalue weighted by Crippen LogP contribution is -2.47. The van der Waals surface area contributed by atoms with Gasteiger partial charge in [-0.25, -0.2) is 0 Å². The van der Waals surface area contributed by atoms with E-state index in [0.29, 0.717) is 11.3 Å². The number of ether oxygens (including phenoxy) is 1. The number of terminal acetylenes is 1.